The van der Waals surface area contributed by atoms with Gasteiger partial charge in [-0.15, -0.1) is 11.8 Å². The SMILES string of the molecule is C/C(=C/C(=O)Nc1ccc(SC(C)C(=O)Nc2cc(Cl)ccc2Cl)cc1)C(=O)O. The Morgan fingerprint density at radius 2 is 1.72 bits per heavy atom. The molecule has 0 aliphatic carbocycles. The van der Waals surface area contributed by atoms with Gasteiger partial charge in [0.15, 0.2) is 0 Å². The normalized spacial score (nSPS) is 12.2. The van der Waals surface area contributed by atoms with E-state index in [0.29, 0.717) is 21.4 Å². The number of amides is 2. The number of anilines is 2. The zero-order chi connectivity index (χ0) is 21.6. The highest BCUT2D eigenvalue weighted by atomic mass is 35.5. The van der Waals surface area contributed by atoms with Crippen LogP contribution in [0.1, 0.15) is 13.8 Å². The molecule has 1 atom stereocenters. The number of carbonyl (C=O) groups is 3. The number of carbonyl (C=O) groups excluding carboxylic acids is 2. The minimum atomic E-state index is -1.15. The highest BCUT2D eigenvalue weighted by Crippen LogP contribution is 2.28. The van der Waals surface area contributed by atoms with Gasteiger partial charge in [-0.2, -0.15) is 0 Å². The van der Waals surface area contributed by atoms with Crippen molar-refractivity contribution in [2.75, 3.05) is 10.6 Å². The summed E-state index contributed by atoms with van der Waals surface area (Å²) in [6.07, 6.45) is 1.01. The molecule has 0 heterocycles. The fourth-order valence-corrected chi connectivity index (χ4v) is 3.34. The summed E-state index contributed by atoms with van der Waals surface area (Å²) in [7, 11) is 0. The number of benzene rings is 2. The Kier molecular flexibility index (Phi) is 8.13. The summed E-state index contributed by atoms with van der Waals surface area (Å²) in [5.41, 5.74) is 0.894. The fourth-order valence-electron chi connectivity index (χ4n) is 2.14. The van der Waals surface area contributed by atoms with E-state index in [9.17, 15) is 14.4 Å². The fraction of sp³-hybridized carbons (Fsp3) is 0.150. The third-order valence-electron chi connectivity index (χ3n) is 3.68. The number of hydrogen-bond acceptors (Lipinski definition) is 4. The van der Waals surface area contributed by atoms with Crippen molar-refractivity contribution in [2.45, 2.75) is 24.0 Å². The summed E-state index contributed by atoms with van der Waals surface area (Å²) in [5.74, 6) is -1.92. The zero-order valence-electron chi connectivity index (χ0n) is 15.5. The molecule has 2 aromatic rings. The second-order valence-corrected chi connectivity index (χ2v) is 8.28. The van der Waals surface area contributed by atoms with Gasteiger partial charge in [0.25, 0.3) is 0 Å². The number of hydrogen-bond donors (Lipinski definition) is 3. The maximum absolute atomic E-state index is 12.4. The largest absolute Gasteiger partial charge is 0.478 e. The first-order valence-corrected chi connectivity index (χ1v) is 10.0. The molecule has 0 spiro atoms. The Hall–Kier alpha value is -2.48. The van der Waals surface area contributed by atoms with E-state index < -0.39 is 17.1 Å². The van der Waals surface area contributed by atoms with Crippen molar-refractivity contribution in [3.05, 3.63) is 64.2 Å². The molecule has 1 unspecified atom stereocenters. The van der Waals surface area contributed by atoms with Crippen LogP contribution in [0.5, 0.6) is 0 Å². The highest BCUT2D eigenvalue weighted by Gasteiger charge is 2.16. The van der Waals surface area contributed by atoms with Crippen molar-refractivity contribution >= 4 is 64.1 Å². The van der Waals surface area contributed by atoms with Gasteiger partial charge in [0.05, 0.1) is 16.0 Å². The number of halogens is 2. The number of thioether (sulfide) groups is 1. The van der Waals surface area contributed by atoms with Crippen molar-refractivity contribution in [3.63, 3.8) is 0 Å². The molecule has 0 aromatic heterocycles. The highest BCUT2D eigenvalue weighted by molar-refractivity contribution is 8.00. The molecule has 152 valence electrons. The third-order valence-corrected chi connectivity index (χ3v) is 5.35. The summed E-state index contributed by atoms with van der Waals surface area (Å²) < 4.78 is 0. The summed E-state index contributed by atoms with van der Waals surface area (Å²) >= 11 is 13.3. The van der Waals surface area contributed by atoms with Crippen LogP contribution < -0.4 is 10.6 Å². The maximum atomic E-state index is 12.4. The molecule has 2 aromatic carbocycles. The smallest absolute Gasteiger partial charge is 0.331 e. The average Bonchev–Trinajstić information content (AvgIpc) is 2.66. The van der Waals surface area contributed by atoms with Crippen LogP contribution in [0, 0.1) is 0 Å². The number of aliphatic carboxylic acids is 1. The standard InChI is InChI=1S/C20H18Cl2N2O4S/c1-11(20(27)28)9-18(25)23-14-4-6-15(7-5-14)29-12(2)19(26)24-17-10-13(21)3-8-16(17)22/h3-10,12H,1-2H3,(H,23,25)(H,24,26)(H,27,28)/b11-9-. The van der Waals surface area contributed by atoms with E-state index in [1.54, 1.807) is 49.4 Å². The molecule has 3 N–H and O–H groups in total. The predicted octanol–water partition coefficient (Wildman–Crippen LogP) is 5.08. The van der Waals surface area contributed by atoms with E-state index in [1.807, 2.05) is 0 Å². The van der Waals surface area contributed by atoms with Crippen molar-refractivity contribution in [1.29, 1.82) is 0 Å². The van der Waals surface area contributed by atoms with Crippen molar-refractivity contribution in [3.8, 4) is 0 Å². The Balaban J connectivity index is 1.95. The zero-order valence-corrected chi connectivity index (χ0v) is 17.9. The van der Waals surface area contributed by atoms with E-state index in [2.05, 4.69) is 10.6 Å². The Morgan fingerprint density at radius 1 is 1.07 bits per heavy atom. The van der Waals surface area contributed by atoms with E-state index in [-0.39, 0.29) is 11.5 Å². The van der Waals surface area contributed by atoms with Gasteiger partial charge in [0.1, 0.15) is 0 Å². The van der Waals surface area contributed by atoms with Crippen LogP contribution in [0.25, 0.3) is 0 Å². The van der Waals surface area contributed by atoms with Gasteiger partial charge in [-0.1, -0.05) is 23.2 Å². The van der Waals surface area contributed by atoms with Gasteiger partial charge in [-0.05, 0) is 56.3 Å². The summed E-state index contributed by atoms with van der Waals surface area (Å²) in [6.45, 7) is 3.10. The number of carboxylic acids is 1. The Morgan fingerprint density at radius 3 is 2.34 bits per heavy atom. The van der Waals surface area contributed by atoms with Crippen LogP contribution in [-0.4, -0.2) is 28.1 Å². The van der Waals surface area contributed by atoms with E-state index in [4.69, 9.17) is 28.3 Å². The number of carboxylic acid groups (broad SMARTS) is 1. The molecule has 2 rings (SSSR count). The Labute approximate surface area is 182 Å². The van der Waals surface area contributed by atoms with Crippen LogP contribution in [0.2, 0.25) is 10.0 Å². The van der Waals surface area contributed by atoms with Gasteiger partial charge in [0, 0.05) is 27.3 Å². The molecule has 9 heteroatoms. The second-order valence-electron chi connectivity index (χ2n) is 6.02. The molecular formula is C20H18Cl2N2O4S. The lowest BCUT2D eigenvalue weighted by Gasteiger charge is -2.13. The first kappa shape index (κ1) is 22.8. The molecule has 2 amide bonds. The molecule has 6 nitrogen and oxygen atoms in total. The molecule has 0 aliphatic rings. The lowest BCUT2D eigenvalue weighted by atomic mass is 10.2. The van der Waals surface area contributed by atoms with Crippen LogP contribution in [-0.2, 0) is 14.4 Å². The summed E-state index contributed by atoms with van der Waals surface area (Å²) in [5, 5.41) is 14.6. The number of rotatable bonds is 7. The molecule has 0 aliphatic heterocycles. The first-order valence-electron chi connectivity index (χ1n) is 8.41. The minimum Gasteiger partial charge on any atom is -0.478 e. The first-order chi connectivity index (χ1) is 13.7. The van der Waals surface area contributed by atoms with Crippen molar-refractivity contribution in [1.82, 2.24) is 0 Å². The topological polar surface area (TPSA) is 95.5 Å². The van der Waals surface area contributed by atoms with E-state index in [1.165, 1.54) is 18.7 Å². The number of nitrogens with one attached hydrogen (secondary N) is 2. The van der Waals surface area contributed by atoms with Crippen LogP contribution >= 0.6 is 35.0 Å². The average molecular weight is 453 g/mol. The van der Waals surface area contributed by atoms with Crippen LogP contribution in [0.3, 0.4) is 0 Å². The molecule has 0 radical (unpaired) electrons. The van der Waals surface area contributed by atoms with E-state index in [0.717, 1.165) is 11.0 Å². The van der Waals surface area contributed by atoms with Gasteiger partial charge >= 0.3 is 5.97 Å². The second kappa shape index (κ2) is 10.3. The minimum absolute atomic E-state index is 0.0608. The van der Waals surface area contributed by atoms with Crippen molar-refractivity contribution < 1.29 is 19.5 Å². The molecule has 0 fully saturated rings. The molecule has 0 saturated carbocycles. The molecule has 0 saturated heterocycles. The molecular weight excluding hydrogens is 435 g/mol. The summed E-state index contributed by atoms with van der Waals surface area (Å²) in [4.78, 5) is 35.7. The molecule has 29 heavy (non-hydrogen) atoms. The lowest BCUT2D eigenvalue weighted by molar-refractivity contribution is -0.132. The van der Waals surface area contributed by atoms with Gasteiger partial charge < -0.3 is 15.7 Å². The van der Waals surface area contributed by atoms with E-state index >= 15 is 0 Å². The maximum Gasteiger partial charge on any atom is 0.331 e. The van der Waals surface area contributed by atoms with Crippen LogP contribution in [0.15, 0.2) is 59.0 Å². The monoisotopic (exact) mass is 452 g/mol. The summed E-state index contributed by atoms with van der Waals surface area (Å²) in [6, 6.07) is 11.7. The lowest BCUT2D eigenvalue weighted by Crippen LogP contribution is -2.22. The Bertz CT molecular complexity index is 961. The quantitative estimate of drug-likeness (QED) is 0.401. The molecule has 0 bridgehead atoms. The third kappa shape index (κ3) is 7.12. The van der Waals surface area contributed by atoms with Crippen molar-refractivity contribution in [2.24, 2.45) is 0 Å². The van der Waals surface area contributed by atoms with Gasteiger partial charge in [-0.25, -0.2) is 4.79 Å². The predicted molar refractivity (Wildman–Crippen MR) is 117 cm³/mol. The van der Waals surface area contributed by atoms with Gasteiger partial charge in [-0.3, -0.25) is 9.59 Å². The van der Waals surface area contributed by atoms with Gasteiger partial charge in [0.2, 0.25) is 11.8 Å². The van der Waals surface area contributed by atoms with Crippen LogP contribution in [0.4, 0.5) is 11.4 Å².